The van der Waals surface area contributed by atoms with Crippen molar-refractivity contribution in [2.24, 2.45) is 5.41 Å². The van der Waals surface area contributed by atoms with Gasteiger partial charge in [-0.1, -0.05) is 48.5 Å². The molecule has 2 nitrogen and oxygen atoms in total. The number of fused-ring (bicyclic) bond motifs is 2. The van der Waals surface area contributed by atoms with Gasteiger partial charge in [0.05, 0.1) is 5.41 Å². The standard InChI is InChI=1S/C21H22O2/c1-14-15-9-5-7-11-17(15)19(13-23-20(22)21(2,3)4)18-12-8-6-10-16(14)18/h5-12H,13H2,1-4H3. The number of ether oxygens (including phenoxy) is 1. The summed E-state index contributed by atoms with van der Waals surface area (Å²) in [6.07, 6.45) is 0. The summed E-state index contributed by atoms with van der Waals surface area (Å²) in [5, 5.41) is 4.75. The number of rotatable bonds is 2. The zero-order valence-electron chi connectivity index (χ0n) is 14.1. The molecule has 0 aliphatic heterocycles. The van der Waals surface area contributed by atoms with Crippen LogP contribution in [0.5, 0.6) is 0 Å². The summed E-state index contributed by atoms with van der Waals surface area (Å²) >= 11 is 0. The number of hydrogen-bond acceptors (Lipinski definition) is 2. The molecule has 0 saturated carbocycles. The van der Waals surface area contributed by atoms with Gasteiger partial charge in [-0.15, -0.1) is 0 Å². The summed E-state index contributed by atoms with van der Waals surface area (Å²) in [5.41, 5.74) is 1.86. The first kappa shape index (κ1) is 15.5. The van der Waals surface area contributed by atoms with E-state index in [2.05, 4.69) is 43.3 Å². The van der Waals surface area contributed by atoms with Crippen LogP contribution < -0.4 is 0 Å². The van der Waals surface area contributed by atoms with Gasteiger partial charge >= 0.3 is 5.97 Å². The predicted octanol–water partition coefficient (Wildman–Crippen LogP) is 5.39. The summed E-state index contributed by atoms with van der Waals surface area (Å²) in [5.74, 6) is -0.175. The molecular formula is C21H22O2. The Kier molecular flexibility index (Phi) is 3.85. The minimum Gasteiger partial charge on any atom is -0.460 e. The van der Waals surface area contributed by atoms with E-state index in [0.717, 1.165) is 16.3 Å². The lowest BCUT2D eigenvalue weighted by molar-refractivity contribution is -0.154. The molecule has 0 aliphatic rings. The first-order valence-electron chi connectivity index (χ1n) is 7.96. The Hall–Kier alpha value is -2.35. The Morgan fingerprint density at radius 1 is 0.870 bits per heavy atom. The number of carbonyl (C=O) groups excluding carboxylic acids is 1. The lowest BCUT2D eigenvalue weighted by Crippen LogP contribution is -2.22. The van der Waals surface area contributed by atoms with E-state index in [-0.39, 0.29) is 5.97 Å². The first-order chi connectivity index (χ1) is 10.9. The van der Waals surface area contributed by atoms with Crippen molar-refractivity contribution in [1.29, 1.82) is 0 Å². The molecule has 3 rings (SSSR count). The maximum atomic E-state index is 12.2. The van der Waals surface area contributed by atoms with Crippen LogP contribution in [-0.2, 0) is 16.1 Å². The van der Waals surface area contributed by atoms with E-state index >= 15 is 0 Å². The number of aryl methyl sites for hydroxylation is 1. The van der Waals surface area contributed by atoms with Crippen LogP contribution in [0.2, 0.25) is 0 Å². The molecule has 0 aliphatic carbocycles. The van der Waals surface area contributed by atoms with Gasteiger partial charge in [-0.05, 0) is 54.8 Å². The maximum Gasteiger partial charge on any atom is 0.311 e. The van der Waals surface area contributed by atoms with E-state index in [1.807, 2.05) is 32.9 Å². The zero-order valence-corrected chi connectivity index (χ0v) is 14.1. The first-order valence-corrected chi connectivity index (χ1v) is 7.96. The fourth-order valence-electron chi connectivity index (χ4n) is 2.95. The van der Waals surface area contributed by atoms with Gasteiger partial charge in [-0.3, -0.25) is 4.79 Å². The second kappa shape index (κ2) is 5.69. The van der Waals surface area contributed by atoms with Gasteiger partial charge in [-0.25, -0.2) is 0 Å². The molecule has 3 aromatic carbocycles. The van der Waals surface area contributed by atoms with E-state index in [1.165, 1.54) is 16.3 Å². The quantitative estimate of drug-likeness (QED) is 0.468. The highest BCUT2D eigenvalue weighted by Gasteiger charge is 2.23. The van der Waals surface area contributed by atoms with E-state index in [0.29, 0.717) is 6.61 Å². The number of hydrogen-bond donors (Lipinski definition) is 0. The van der Waals surface area contributed by atoms with Gasteiger partial charge in [0.25, 0.3) is 0 Å². The largest absolute Gasteiger partial charge is 0.460 e. The fraction of sp³-hybridized carbons (Fsp3) is 0.286. The third-order valence-electron chi connectivity index (χ3n) is 4.27. The SMILES string of the molecule is Cc1c2ccccc2c(COC(=O)C(C)(C)C)c2ccccc12. The van der Waals surface area contributed by atoms with Crippen molar-refractivity contribution in [3.63, 3.8) is 0 Å². The van der Waals surface area contributed by atoms with E-state index in [1.54, 1.807) is 0 Å². The zero-order chi connectivity index (χ0) is 16.6. The molecule has 23 heavy (non-hydrogen) atoms. The maximum absolute atomic E-state index is 12.2. The van der Waals surface area contributed by atoms with Crippen LogP contribution in [0.25, 0.3) is 21.5 Å². The van der Waals surface area contributed by atoms with E-state index in [4.69, 9.17) is 4.74 Å². The van der Waals surface area contributed by atoms with Crippen LogP contribution in [0.15, 0.2) is 48.5 Å². The van der Waals surface area contributed by atoms with E-state index in [9.17, 15) is 4.79 Å². The molecule has 0 bridgehead atoms. The Balaban J connectivity index is 2.17. The van der Waals surface area contributed by atoms with Gasteiger partial charge in [0.2, 0.25) is 0 Å². The molecule has 0 radical (unpaired) electrons. The Morgan fingerprint density at radius 3 is 1.74 bits per heavy atom. The van der Waals surface area contributed by atoms with Crippen molar-refractivity contribution in [2.45, 2.75) is 34.3 Å². The van der Waals surface area contributed by atoms with Crippen LogP contribution in [0.3, 0.4) is 0 Å². The number of carbonyl (C=O) groups is 1. The average Bonchev–Trinajstić information content (AvgIpc) is 2.54. The summed E-state index contributed by atoms with van der Waals surface area (Å²) < 4.78 is 5.61. The molecule has 0 aromatic heterocycles. The fourth-order valence-corrected chi connectivity index (χ4v) is 2.95. The van der Waals surface area contributed by atoms with Crippen LogP contribution in [0, 0.1) is 12.3 Å². The van der Waals surface area contributed by atoms with Crippen molar-refractivity contribution in [3.8, 4) is 0 Å². The van der Waals surface area contributed by atoms with Crippen molar-refractivity contribution in [3.05, 3.63) is 59.7 Å². The van der Waals surface area contributed by atoms with Gasteiger partial charge in [0.1, 0.15) is 6.61 Å². The third-order valence-corrected chi connectivity index (χ3v) is 4.27. The molecular weight excluding hydrogens is 284 g/mol. The third kappa shape index (κ3) is 2.81. The number of esters is 1. The lowest BCUT2D eigenvalue weighted by Gasteiger charge is -2.19. The normalized spacial score (nSPS) is 11.8. The molecule has 118 valence electrons. The highest BCUT2D eigenvalue weighted by atomic mass is 16.5. The molecule has 0 unspecified atom stereocenters. The molecule has 0 heterocycles. The molecule has 2 heteroatoms. The smallest absolute Gasteiger partial charge is 0.311 e. The highest BCUT2D eigenvalue weighted by molar-refractivity contribution is 6.05. The molecule has 0 atom stereocenters. The second-order valence-corrected chi connectivity index (χ2v) is 7.02. The monoisotopic (exact) mass is 306 g/mol. The summed E-state index contributed by atoms with van der Waals surface area (Å²) in [4.78, 5) is 12.2. The highest BCUT2D eigenvalue weighted by Crippen LogP contribution is 2.33. The van der Waals surface area contributed by atoms with Gasteiger partial charge in [0.15, 0.2) is 0 Å². The molecule has 0 fully saturated rings. The Morgan fingerprint density at radius 2 is 1.30 bits per heavy atom. The lowest BCUT2D eigenvalue weighted by atomic mass is 9.92. The van der Waals surface area contributed by atoms with Crippen LogP contribution in [0.1, 0.15) is 31.9 Å². The molecule has 0 amide bonds. The van der Waals surface area contributed by atoms with Gasteiger partial charge in [-0.2, -0.15) is 0 Å². The Labute approximate surface area is 137 Å². The molecule has 0 saturated heterocycles. The van der Waals surface area contributed by atoms with Gasteiger partial charge in [0, 0.05) is 5.56 Å². The van der Waals surface area contributed by atoms with Crippen molar-refractivity contribution < 1.29 is 9.53 Å². The van der Waals surface area contributed by atoms with Crippen molar-refractivity contribution in [2.75, 3.05) is 0 Å². The van der Waals surface area contributed by atoms with Crippen LogP contribution >= 0.6 is 0 Å². The van der Waals surface area contributed by atoms with E-state index < -0.39 is 5.41 Å². The topological polar surface area (TPSA) is 26.3 Å². The Bertz CT molecular complexity index is 828. The number of benzene rings is 3. The molecule has 3 aromatic rings. The van der Waals surface area contributed by atoms with Crippen LogP contribution in [0.4, 0.5) is 0 Å². The van der Waals surface area contributed by atoms with Crippen molar-refractivity contribution in [1.82, 2.24) is 0 Å². The predicted molar refractivity (Wildman–Crippen MR) is 95.4 cm³/mol. The second-order valence-electron chi connectivity index (χ2n) is 7.02. The minimum absolute atomic E-state index is 0.175. The molecule has 0 spiro atoms. The van der Waals surface area contributed by atoms with Gasteiger partial charge < -0.3 is 4.74 Å². The molecule has 0 N–H and O–H groups in total. The summed E-state index contributed by atoms with van der Waals surface area (Å²) in [7, 11) is 0. The minimum atomic E-state index is -0.490. The van der Waals surface area contributed by atoms with Crippen molar-refractivity contribution >= 4 is 27.5 Å². The average molecular weight is 306 g/mol. The van der Waals surface area contributed by atoms with Crippen LogP contribution in [-0.4, -0.2) is 5.97 Å². The summed E-state index contributed by atoms with van der Waals surface area (Å²) in [6.45, 7) is 8.08. The summed E-state index contributed by atoms with van der Waals surface area (Å²) in [6, 6.07) is 16.6.